The van der Waals surface area contributed by atoms with E-state index < -0.39 is 0 Å². The summed E-state index contributed by atoms with van der Waals surface area (Å²) >= 11 is 0. The van der Waals surface area contributed by atoms with Crippen LogP contribution in [0, 0.1) is 5.82 Å². The molecule has 0 heterocycles. The fourth-order valence-electron chi connectivity index (χ4n) is 2.38. The van der Waals surface area contributed by atoms with Gasteiger partial charge in [-0.3, -0.25) is 4.99 Å². The maximum absolute atomic E-state index is 12.9. The second-order valence-corrected chi connectivity index (χ2v) is 5.67. The van der Waals surface area contributed by atoms with Crippen molar-refractivity contribution in [1.82, 2.24) is 0 Å². The Morgan fingerprint density at radius 1 is 0.885 bits per heavy atom. The molecule has 0 aromatic heterocycles. The zero-order valence-electron chi connectivity index (χ0n) is 14.6. The highest BCUT2D eigenvalue weighted by Crippen LogP contribution is 2.19. The SMILES string of the molecule is CCOc1ccc(N=Cc2cccc(OCc3ccc(F)cc3)c2)cc1. The number of benzene rings is 3. The summed E-state index contributed by atoms with van der Waals surface area (Å²) in [4.78, 5) is 4.47. The van der Waals surface area contributed by atoms with Crippen molar-refractivity contribution in [2.75, 3.05) is 6.61 Å². The summed E-state index contributed by atoms with van der Waals surface area (Å²) < 4.78 is 24.1. The Balaban J connectivity index is 1.62. The molecular weight excluding hydrogens is 329 g/mol. The molecule has 0 aliphatic rings. The summed E-state index contributed by atoms with van der Waals surface area (Å²) in [6, 6.07) is 21.6. The van der Waals surface area contributed by atoms with Gasteiger partial charge >= 0.3 is 0 Å². The van der Waals surface area contributed by atoms with E-state index in [9.17, 15) is 4.39 Å². The van der Waals surface area contributed by atoms with Gasteiger partial charge in [0, 0.05) is 6.21 Å². The Labute approximate surface area is 152 Å². The van der Waals surface area contributed by atoms with Crippen molar-refractivity contribution in [2.24, 2.45) is 4.99 Å². The summed E-state index contributed by atoms with van der Waals surface area (Å²) in [6.07, 6.45) is 1.79. The van der Waals surface area contributed by atoms with E-state index >= 15 is 0 Å². The van der Waals surface area contributed by atoms with Gasteiger partial charge in [0.2, 0.25) is 0 Å². The lowest BCUT2D eigenvalue weighted by molar-refractivity contribution is 0.306. The van der Waals surface area contributed by atoms with Crippen LogP contribution in [0.3, 0.4) is 0 Å². The van der Waals surface area contributed by atoms with Crippen LogP contribution in [0.2, 0.25) is 0 Å². The van der Waals surface area contributed by atoms with Gasteiger partial charge in [-0.15, -0.1) is 0 Å². The number of hydrogen-bond acceptors (Lipinski definition) is 3. The molecule has 0 atom stereocenters. The van der Waals surface area contributed by atoms with Crippen molar-refractivity contribution in [1.29, 1.82) is 0 Å². The minimum atomic E-state index is -0.249. The molecule has 0 N–H and O–H groups in total. The molecule has 0 bridgehead atoms. The predicted octanol–water partition coefficient (Wildman–Crippen LogP) is 5.55. The predicted molar refractivity (Wildman–Crippen MR) is 102 cm³/mol. The van der Waals surface area contributed by atoms with Gasteiger partial charge in [0.1, 0.15) is 23.9 Å². The van der Waals surface area contributed by atoms with Gasteiger partial charge in [0.15, 0.2) is 0 Å². The lowest BCUT2D eigenvalue weighted by Crippen LogP contribution is -1.96. The first-order valence-corrected chi connectivity index (χ1v) is 8.47. The number of aliphatic imine (C=N–C) groups is 1. The fraction of sp³-hybridized carbons (Fsp3) is 0.136. The molecule has 3 nitrogen and oxygen atoms in total. The first-order chi connectivity index (χ1) is 12.7. The van der Waals surface area contributed by atoms with Crippen molar-refractivity contribution in [3.05, 3.63) is 89.7 Å². The molecule has 0 aliphatic heterocycles. The lowest BCUT2D eigenvalue weighted by Gasteiger charge is -2.07. The average molecular weight is 349 g/mol. The summed E-state index contributed by atoms with van der Waals surface area (Å²) in [7, 11) is 0. The molecule has 26 heavy (non-hydrogen) atoms. The molecule has 132 valence electrons. The standard InChI is InChI=1S/C22H20FNO2/c1-2-25-21-12-10-20(11-13-21)24-15-18-4-3-5-22(14-18)26-16-17-6-8-19(23)9-7-17/h3-15H,2,16H2,1H3. The molecule has 0 saturated carbocycles. The fourth-order valence-corrected chi connectivity index (χ4v) is 2.38. The third-order valence-corrected chi connectivity index (χ3v) is 3.69. The molecule has 0 unspecified atom stereocenters. The quantitative estimate of drug-likeness (QED) is 0.523. The molecule has 4 heteroatoms. The second-order valence-electron chi connectivity index (χ2n) is 5.67. The topological polar surface area (TPSA) is 30.8 Å². The maximum Gasteiger partial charge on any atom is 0.123 e. The molecule has 3 aromatic rings. The van der Waals surface area contributed by atoms with E-state index in [1.165, 1.54) is 12.1 Å². The lowest BCUT2D eigenvalue weighted by atomic mass is 10.2. The van der Waals surface area contributed by atoms with Gasteiger partial charge < -0.3 is 9.47 Å². The molecule has 0 fully saturated rings. The van der Waals surface area contributed by atoms with Gasteiger partial charge in [0.25, 0.3) is 0 Å². The van der Waals surface area contributed by atoms with Gasteiger partial charge in [-0.05, 0) is 66.6 Å². The van der Waals surface area contributed by atoms with Crippen LogP contribution in [0.15, 0.2) is 77.8 Å². The Morgan fingerprint density at radius 2 is 1.65 bits per heavy atom. The van der Waals surface area contributed by atoms with Crippen molar-refractivity contribution in [2.45, 2.75) is 13.5 Å². The highest BCUT2D eigenvalue weighted by molar-refractivity contribution is 5.82. The number of rotatable bonds is 7. The number of hydrogen-bond donors (Lipinski definition) is 0. The Hall–Kier alpha value is -3.14. The van der Waals surface area contributed by atoms with E-state index in [0.29, 0.717) is 13.2 Å². The molecule has 0 saturated heterocycles. The summed E-state index contributed by atoms with van der Waals surface area (Å²) in [6.45, 7) is 2.99. The van der Waals surface area contributed by atoms with Gasteiger partial charge in [-0.1, -0.05) is 24.3 Å². The van der Waals surface area contributed by atoms with Gasteiger partial charge in [-0.25, -0.2) is 4.39 Å². The van der Waals surface area contributed by atoms with Crippen LogP contribution in [0.25, 0.3) is 0 Å². The largest absolute Gasteiger partial charge is 0.494 e. The van der Waals surface area contributed by atoms with Crippen LogP contribution in [-0.4, -0.2) is 12.8 Å². The Morgan fingerprint density at radius 3 is 2.38 bits per heavy atom. The third-order valence-electron chi connectivity index (χ3n) is 3.69. The zero-order chi connectivity index (χ0) is 18.2. The Bertz CT molecular complexity index is 858. The van der Waals surface area contributed by atoms with E-state index in [4.69, 9.17) is 9.47 Å². The minimum Gasteiger partial charge on any atom is -0.494 e. The van der Waals surface area contributed by atoms with E-state index in [-0.39, 0.29) is 5.82 Å². The summed E-state index contributed by atoms with van der Waals surface area (Å²) in [5.41, 5.74) is 2.71. The van der Waals surface area contributed by atoms with Crippen molar-refractivity contribution in [3.8, 4) is 11.5 Å². The molecule has 0 spiro atoms. The highest BCUT2D eigenvalue weighted by Gasteiger charge is 1.99. The molecular formula is C22H20FNO2. The molecule has 3 rings (SSSR count). The van der Waals surface area contributed by atoms with Gasteiger partial charge in [0.05, 0.1) is 12.3 Å². The Kier molecular flexibility index (Phi) is 5.99. The monoisotopic (exact) mass is 349 g/mol. The van der Waals surface area contributed by atoms with Crippen LogP contribution in [0.4, 0.5) is 10.1 Å². The highest BCUT2D eigenvalue weighted by atomic mass is 19.1. The van der Waals surface area contributed by atoms with Crippen molar-refractivity contribution >= 4 is 11.9 Å². The van der Waals surface area contributed by atoms with Crippen molar-refractivity contribution in [3.63, 3.8) is 0 Å². The van der Waals surface area contributed by atoms with Crippen LogP contribution < -0.4 is 9.47 Å². The smallest absolute Gasteiger partial charge is 0.123 e. The number of ether oxygens (including phenoxy) is 2. The van der Waals surface area contributed by atoms with E-state index in [2.05, 4.69) is 4.99 Å². The first kappa shape index (κ1) is 17.7. The van der Waals surface area contributed by atoms with Crippen molar-refractivity contribution < 1.29 is 13.9 Å². The zero-order valence-corrected chi connectivity index (χ0v) is 14.6. The summed E-state index contributed by atoms with van der Waals surface area (Å²) in [5.74, 6) is 1.33. The third kappa shape index (κ3) is 5.18. The normalized spacial score (nSPS) is 10.8. The van der Waals surface area contributed by atoms with Crippen LogP contribution in [-0.2, 0) is 6.61 Å². The molecule has 0 radical (unpaired) electrons. The van der Waals surface area contributed by atoms with E-state index in [0.717, 1.165) is 28.3 Å². The maximum atomic E-state index is 12.9. The average Bonchev–Trinajstić information content (AvgIpc) is 2.68. The molecule has 3 aromatic carbocycles. The van der Waals surface area contributed by atoms with Crippen LogP contribution in [0.5, 0.6) is 11.5 Å². The number of halogens is 1. The first-order valence-electron chi connectivity index (χ1n) is 8.47. The molecule has 0 amide bonds. The van der Waals surface area contributed by atoms with E-state index in [1.54, 1.807) is 18.3 Å². The second kappa shape index (κ2) is 8.81. The minimum absolute atomic E-state index is 0.249. The van der Waals surface area contributed by atoms with Crippen LogP contribution in [0.1, 0.15) is 18.1 Å². The molecule has 0 aliphatic carbocycles. The van der Waals surface area contributed by atoms with Gasteiger partial charge in [-0.2, -0.15) is 0 Å². The summed E-state index contributed by atoms with van der Waals surface area (Å²) in [5, 5.41) is 0. The number of nitrogens with zero attached hydrogens (tertiary/aromatic N) is 1. The van der Waals surface area contributed by atoms with Crippen LogP contribution >= 0.6 is 0 Å². The van der Waals surface area contributed by atoms with E-state index in [1.807, 2.05) is 55.5 Å².